The quantitative estimate of drug-likeness (QED) is 0.614. The fourth-order valence-electron chi connectivity index (χ4n) is 3.49. The lowest BCUT2D eigenvalue weighted by molar-refractivity contribution is -0.384. The number of anilines is 1. The summed E-state index contributed by atoms with van der Waals surface area (Å²) in [5.41, 5.74) is 2.99. The van der Waals surface area contributed by atoms with Gasteiger partial charge in [0.15, 0.2) is 0 Å². The number of hydrogen-bond donors (Lipinski definition) is 1. The molecule has 1 unspecified atom stereocenters. The second-order valence-corrected chi connectivity index (χ2v) is 7.27. The SMILES string of the molecule is Cc1cccc(CN2CCN(C(C)C(=O)Nc3cccc([N+](=O)[O-])c3)CC2)c1. The third kappa shape index (κ3) is 5.15. The Bertz CT molecular complexity index is 847. The minimum absolute atomic E-state index is 0.0322. The summed E-state index contributed by atoms with van der Waals surface area (Å²) in [6, 6.07) is 14.3. The molecule has 1 aliphatic heterocycles. The Balaban J connectivity index is 1.51. The fraction of sp³-hybridized carbons (Fsp3) is 0.381. The standard InChI is InChI=1S/C21H26N4O3/c1-16-5-3-6-18(13-16)15-23-9-11-24(12-10-23)17(2)21(26)22-19-7-4-8-20(14-19)25(27)28/h3-8,13-14,17H,9-12,15H2,1-2H3,(H,22,26). The van der Waals surface area contributed by atoms with Gasteiger partial charge in [0.1, 0.15) is 0 Å². The van der Waals surface area contributed by atoms with Crippen LogP contribution in [-0.2, 0) is 11.3 Å². The molecule has 1 saturated heterocycles. The van der Waals surface area contributed by atoms with E-state index in [1.54, 1.807) is 12.1 Å². The van der Waals surface area contributed by atoms with Crippen LogP contribution in [-0.4, -0.2) is 52.9 Å². The number of nitro benzene ring substituents is 1. The molecule has 0 aliphatic carbocycles. The van der Waals surface area contributed by atoms with Gasteiger partial charge in [-0.15, -0.1) is 0 Å². The molecule has 28 heavy (non-hydrogen) atoms. The van der Waals surface area contributed by atoms with Crippen molar-refractivity contribution in [3.63, 3.8) is 0 Å². The summed E-state index contributed by atoms with van der Waals surface area (Å²) in [7, 11) is 0. The van der Waals surface area contributed by atoms with Crippen LogP contribution in [0.2, 0.25) is 0 Å². The Morgan fingerprint density at radius 2 is 1.86 bits per heavy atom. The van der Waals surface area contributed by atoms with Crippen molar-refractivity contribution in [3.05, 3.63) is 69.8 Å². The molecule has 148 valence electrons. The highest BCUT2D eigenvalue weighted by Gasteiger charge is 2.25. The van der Waals surface area contributed by atoms with Crippen molar-refractivity contribution in [1.29, 1.82) is 0 Å². The topological polar surface area (TPSA) is 78.7 Å². The van der Waals surface area contributed by atoms with Gasteiger partial charge in [-0.25, -0.2) is 0 Å². The Morgan fingerprint density at radius 1 is 1.14 bits per heavy atom. The highest BCUT2D eigenvalue weighted by atomic mass is 16.6. The van der Waals surface area contributed by atoms with Crippen LogP contribution in [0.5, 0.6) is 0 Å². The minimum Gasteiger partial charge on any atom is -0.324 e. The van der Waals surface area contributed by atoms with E-state index in [9.17, 15) is 14.9 Å². The van der Waals surface area contributed by atoms with Crippen LogP contribution in [0.15, 0.2) is 48.5 Å². The summed E-state index contributed by atoms with van der Waals surface area (Å²) in [5, 5.41) is 13.7. The molecule has 0 spiro atoms. The summed E-state index contributed by atoms with van der Waals surface area (Å²) in [6.45, 7) is 8.34. The van der Waals surface area contributed by atoms with Gasteiger partial charge in [-0.3, -0.25) is 24.7 Å². The van der Waals surface area contributed by atoms with E-state index in [0.29, 0.717) is 5.69 Å². The van der Waals surface area contributed by atoms with Crippen LogP contribution >= 0.6 is 0 Å². The summed E-state index contributed by atoms with van der Waals surface area (Å²) >= 11 is 0. The van der Waals surface area contributed by atoms with Crippen LogP contribution in [0.3, 0.4) is 0 Å². The van der Waals surface area contributed by atoms with E-state index < -0.39 is 4.92 Å². The van der Waals surface area contributed by atoms with Crippen molar-refractivity contribution in [3.8, 4) is 0 Å². The van der Waals surface area contributed by atoms with Crippen LogP contribution in [0.4, 0.5) is 11.4 Å². The zero-order chi connectivity index (χ0) is 20.1. The molecule has 1 atom stereocenters. The van der Waals surface area contributed by atoms with E-state index in [1.165, 1.54) is 23.3 Å². The molecule has 7 nitrogen and oxygen atoms in total. The number of rotatable bonds is 6. The predicted octanol–water partition coefficient (Wildman–Crippen LogP) is 3.05. The number of nitro groups is 1. The zero-order valence-corrected chi connectivity index (χ0v) is 16.3. The van der Waals surface area contributed by atoms with Crippen molar-refractivity contribution < 1.29 is 9.72 Å². The van der Waals surface area contributed by atoms with Gasteiger partial charge >= 0.3 is 0 Å². The maximum atomic E-state index is 12.6. The largest absolute Gasteiger partial charge is 0.324 e. The highest BCUT2D eigenvalue weighted by molar-refractivity contribution is 5.94. The van der Waals surface area contributed by atoms with E-state index in [1.807, 2.05) is 6.92 Å². The summed E-state index contributed by atoms with van der Waals surface area (Å²) < 4.78 is 0. The molecule has 2 aromatic carbocycles. The zero-order valence-electron chi connectivity index (χ0n) is 16.3. The van der Waals surface area contributed by atoms with E-state index in [4.69, 9.17) is 0 Å². The van der Waals surface area contributed by atoms with Crippen LogP contribution in [0.25, 0.3) is 0 Å². The lowest BCUT2D eigenvalue weighted by Gasteiger charge is -2.37. The lowest BCUT2D eigenvalue weighted by Crippen LogP contribution is -2.52. The summed E-state index contributed by atoms with van der Waals surface area (Å²) in [4.78, 5) is 27.5. The number of aryl methyl sites for hydroxylation is 1. The van der Waals surface area contributed by atoms with Crippen molar-refractivity contribution in [1.82, 2.24) is 9.80 Å². The third-order valence-corrected chi connectivity index (χ3v) is 5.15. The number of amides is 1. The Morgan fingerprint density at radius 3 is 2.54 bits per heavy atom. The van der Waals surface area contributed by atoms with E-state index in [0.717, 1.165) is 32.7 Å². The molecule has 1 fully saturated rings. The molecule has 0 saturated carbocycles. The number of piperazine rings is 1. The van der Waals surface area contributed by atoms with Gasteiger partial charge in [-0.1, -0.05) is 35.9 Å². The molecule has 1 N–H and O–H groups in total. The van der Waals surface area contributed by atoms with Crippen molar-refractivity contribution >= 4 is 17.3 Å². The number of nitrogens with one attached hydrogen (secondary N) is 1. The first-order valence-electron chi connectivity index (χ1n) is 9.49. The first-order chi connectivity index (χ1) is 13.4. The molecular weight excluding hydrogens is 356 g/mol. The minimum atomic E-state index is -0.466. The molecule has 3 rings (SSSR count). The van der Waals surface area contributed by atoms with Gasteiger partial charge in [-0.05, 0) is 25.5 Å². The Labute approximate surface area is 165 Å². The monoisotopic (exact) mass is 382 g/mol. The average Bonchev–Trinajstić information content (AvgIpc) is 2.68. The number of non-ortho nitro benzene ring substituents is 1. The molecule has 0 aromatic heterocycles. The first-order valence-corrected chi connectivity index (χ1v) is 9.49. The maximum absolute atomic E-state index is 12.6. The Hall–Kier alpha value is -2.77. The number of nitrogens with zero attached hydrogens (tertiary/aromatic N) is 3. The lowest BCUT2D eigenvalue weighted by atomic mass is 10.1. The van der Waals surface area contributed by atoms with Crippen molar-refractivity contribution in [2.75, 3.05) is 31.5 Å². The molecule has 1 amide bonds. The third-order valence-electron chi connectivity index (χ3n) is 5.15. The van der Waals surface area contributed by atoms with Crippen molar-refractivity contribution in [2.24, 2.45) is 0 Å². The Kier molecular flexibility index (Phi) is 6.38. The summed E-state index contributed by atoms with van der Waals surface area (Å²) in [6.07, 6.45) is 0. The highest BCUT2D eigenvalue weighted by Crippen LogP contribution is 2.18. The van der Waals surface area contributed by atoms with Gasteiger partial charge in [0.2, 0.25) is 5.91 Å². The molecule has 7 heteroatoms. The molecule has 2 aromatic rings. The molecule has 0 radical (unpaired) electrons. The number of hydrogen-bond acceptors (Lipinski definition) is 5. The first kappa shape index (κ1) is 20.0. The van der Waals surface area contributed by atoms with Gasteiger partial charge in [0.05, 0.1) is 11.0 Å². The fourth-order valence-corrected chi connectivity index (χ4v) is 3.49. The van der Waals surface area contributed by atoms with Crippen LogP contribution in [0.1, 0.15) is 18.1 Å². The molecule has 1 aliphatic rings. The van der Waals surface area contributed by atoms with Gasteiger partial charge in [0.25, 0.3) is 5.69 Å². The van der Waals surface area contributed by atoms with E-state index >= 15 is 0 Å². The molecule has 1 heterocycles. The van der Waals surface area contributed by atoms with Gasteiger partial charge in [-0.2, -0.15) is 0 Å². The van der Waals surface area contributed by atoms with Crippen LogP contribution < -0.4 is 5.32 Å². The second-order valence-electron chi connectivity index (χ2n) is 7.27. The normalized spacial score (nSPS) is 16.5. The summed E-state index contributed by atoms with van der Waals surface area (Å²) in [5.74, 6) is -0.146. The molecular formula is C21H26N4O3. The van der Waals surface area contributed by atoms with Gasteiger partial charge < -0.3 is 5.32 Å². The van der Waals surface area contributed by atoms with Crippen LogP contribution in [0, 0.1) is 17.0 Å². The number of benzene rings is 2. The van der Waals surface area contributed by atoms with E-state index in [2.05, 4.69) is 46.3 Å². The second kappa shape index (κ2) is 8.95. The average molecular weight is 382 g/mol. The van der Waals surface area contributed by atoms with E-state index in [-0.39, 0.29) is 17.6 Å². The smallest absolute Gasteiger partial charge is 0.271 e. The number of carbonyl (C=O) groups excluding carboxylic acids is 1. The molecule has 0 bridgehead atoms. The van der Waals surface area contributed by atoms with Crippen molar-refractivity contribution in [2.45, 2.75) is 26.4 Å². The predicted molar refractivity (Wildman–Crippen MR) is 109 cm³/mol. The number of carbonyl (C=O) groups is 1. The van der Waals surface area contributed by atoms with Gasteiger partial charge in [0, 0.05) is 50.5 Å². The maximum Gasteiger partial charge on any atom is 0.271 e.